The van der Waals surface area contributed by atoms with Gasteiger partial charge in [-0.15, -0.1) is 0 Å². The van der Waals surface area contributed by atoms with Crippen LogP contribution >= 0.6 is 7.60 Å². The predicted octanol–water partition coefficient (Wildman–Crippen LogP) is -0.165. The van der Waals surface area contributed by atoms with Crippen LogP contribution in [-0.2, 0) is 9.30 Å². The number of hydrogen-bond donors (Lipinski definition) is 0. The van der Waals surface area contributed by atoms with E-state index >= 15 is 0 Å². The highest BCUT2D eigenvalue weighted by Crippen LogP contribution is 2.28. The van der Waals surface area contributed by atoms with Gasteiger partial charge in [-0.1, -0.05) is 0 Å². The van der Waals surface area contributed by atoms with E-state index in [0.717, 1.165) is 0 Å². The molecule has 0 N–H and O–H groups in total. The van der Waals surface area contributed by atoms with Crippen molar-refractivity contribution in [3.63, 3.8) is 0 Å². The summed E-state index contributed by atoms with van der Waals surface area (Å²) in [6, 6.07) is 0. The van der Waals surface area contributed by atoms with Gasteiger partial charge in [0.15, 0.2) is 0 Å². The Morgan fingerprint density at radius 1 is 1.36 bits per heavy atom. The van der Waals surface area contributed by atoms with Gasteiger partial charge in [0, 0.05) is 7.60 Å². The van der Waals surface area contributed by atoms with E-state index < -0.39 is 18.9 Å². The number of carbonyl (C=O) groups excluding carboxylic acids is 1. The third-order valence-electron chi connectivity index (χ3n) is 0.617. The van der Waals surface area contributed by atoms with Gasteiger partial charge >= 0.3 is 5.71 Å². The molecule has 0 spiro atoms. The summed E-state index contributed by atoms with van der Waals surface area (Å²) in [6.07, 6.45) is 0. The lowest BCUT2D eigenvalue weighted by atomic mass is 10.2. The zero-order valence-electron chi connectivity index (χ0n) is 6.49. The second-order valence-electron chi connectivity index (χ2n) is 2.98. The summed E-state index contributed by atoms with van der Waals surface area (Å²) in [5.74, 6) is 0. The molecule has 0 aliphatic carbocycles. The standard InChI is InChI=1S/C5H11O5P/c1-5(2,3)10-4(6)11(7,8)9/h1-3H3,(H2,7,8,9)/p-2. The van der Waals surface area contributed by atoms with Crippen LogP contribution in [0, 0.1) is 0 Å². The first-order chi connectivity index (χ1) is 4.63. The zero-order chi connectivity index (χ0) is 9.28. The second kappa shape index (κ2) is 2.93. The minimum absolute atomic E-state index is 0.943. The van der Waals surface area contributed by atoms with Crippen molar-refractivity contribution in [2.24, 2.45) is 0 Å². The molecule has 11 heavy (non-hydrogen) atoms. The van der Waals surface area contributed by atoms with Gasteiger partial charge in [-0.05, 0) is 20.8 Å². The molecule has 66 valence electrons. The first-order valence-corrected chi connectivity index (χ1v) is 4.43. The molecule has 0 aliphatic heterocycles. The fourth-order valence-electron chi connectivity index (χ4n) is 0.318. The molecule has 0 aromatic heterocycles. The zero-order valence-corrected chi connectivity index (χ0v) is 7.38. The van der Waals surface area contributed by atoms with Crippen LogP contribution in [0.15, 0.2) is 0 Å². The molecule has 0 aromatic rings. The molecule has 0 atom stereocenters. The van der Waals surface area contributed by atoms with Crippen LogP contribution in [-0.4, -0.2) is 11.3 Å². The smallest absolute Gasteiger partial charge is 0.335 e. The third kappa shape index (κ3) is 4.95. The van der Waals surface area contributed by atoms with Crippen molar-refractivity contribution < 1.29 is 23.9 Å². The molecular formula is C5H9O5P-2. The van der Waals surface area contributed by atoms with Crippen molar-refractivity contribution in [3.8, 4) is 0 Å². The topological polar surface area (TPSA) is 89.5 Å². The molecular weight excluding hydrogens is 171 g/mol. The fraction of sp³-hybridized carbons (Fsp3) is 0.800. The normalized spacial score (nSPS) is 12.8. The lowest BCUT2D eigenvalue weighted by molar-refractivity contribution is -0.309. The van der Waals surface area contributed by atoms with Crippen LogP contribution < -0.4 is 9.79 Å². The largest absolute Gasteiger partial charge is 0.803 e. The predicted molar refractivity (Wildman–Crippen MR) is 33.8 cm³/mol. The van der Waals surface area contributed by atoms with Crippen LogP contribution in [0.2, 0.25) is 0 Å². The molecule has 0 bridgehead atoms. The van der Waals surface area contributed by atoms with Crippen LogP contribution in [0.1, 0.15) is 20.8 Å². The molecule has 0 aromatic carbocycles. The Hall–Kier alpha value is -0.380. The van der Waals surface area contributed by atoms with Gasteiger partial charge in [0.25, 0.3) is 0 Å². The van der Waals surface area contributed by atoms with Gasteiger partial charge in [-0.2, -0.15) is 0 Å². The molecule has 0 saturated carbocycles. The molecule has 5 nitrogen and oxygen atoms in total. The van der Waals surface area contributed by atoms with Crippen LogP contribution in [0.4, 0.5) is 4.79 Å². The SMILES string of the molecule is CC(C)(C)OC(=O)P(=O)([O-])[O-]. The summed E-state index contributed by atoms with van der Waals surface area (Å²) >= 11 is 0. The Bertz CT molecular complexity index is 197. The number of ether oxygens (including phenoxy) is 1. The summed E-state index contributed by atoms with van der Waals surface area (Å²) < 4.78 is 14.3. The number of rotatable bonds is 1. The van der Waals surface area contributed by atoms with Crippen LogP contribution in [0.3, 0.4) is 0 Å². The summed E-state index contributed by atoms with van der Waals surface area (Å²) in [5, 5.41) is 0. The molecule has 0 fully saturated rings. The molecule has 0 heterocycles. The number of hydrogen-bond acceptors (Lipinski definition) is 5. The van der Waals surface area contributed by atoms with E-state index in [1.54, 1.807) is 0 Å². The van der Waals surface area contributed by atoms with E-state index in [1.165, 1.54) is 20.8 Å². The molecule has 0 radical (unpaired) electrons. The van der Waals surface area contributed by atoms with Gasteiger partial charge in [-0.3, -0.25) is 0 Å². The molecule has 6 heteroatoms. The average Bonchev–Trinajstić information content (AvgIpc) is 1.56. The van der Waals surface area contributed by atoms with Crippen molar-refractivity contribution in [2.45, 2.75) is 26.4 Å². The Balaban J connectivity index is 4.23. The Kier molecular flexibility index (Phi) is 2.83. The maximum Gasteiger partial charge on any atom is 0.335 e. The quantitative estimate of drug-likeness (QED) is 0.522. The third-order valence-corrected chi connectivity index (χ3v) is 1.16. The highest BCUT2D eigenvalue weighted by molar-refractivity contribution is 7.66. The first kappa shape index (κ1) is 10.6. The van der Waals surface area contributed by atoms with Crippen molar-refractivity contribution in [1.29, 1.82) is 0 Å². The Morgan fingerprint density at radius 3 is 1.82 bits per heavy atom. The van der Waals surface area contributed by atoms with E-state index in [2.05, 4.69) is 4.74 Å². The molecule has 0 aliphatic rings. The summed E-state index contributed by atoms with van der Waals surface area (Å²) in [7, 11) is -5.21. The maximum atomic E-state index is 10.4. The van der Waals surface area contributed by atoms with Crippen molar-refractivity contribution in [1.82, 2.24) is 0 Å². The van der Waals surface area contributed by atoms with E-state index in [9.17, 15) is 19.1 Å². The lowest BCUT2D eigenvalue weighted by Gasteiger charge is -2.30. The molecule has 0 rings (SSSR count). The van der Waals surface area contributed by atoms with Gasteiger partial charge in [0.05, 0.1) is 0 Å². The van der Waals surface area contributed by atoms with Gasteiger partial charge in [-0.25, -0.2) is 4.79 Å². The minimum atomic E-state index is -5.21. The maximum absolute atomic E-state index is 10.4. The minimum Gasteiger partial charge on any atom is -0.803 e. The van der Waals surface area contributed by atoms with Gasteiger partial charge < -0.3 is 19.1 Å². The lowest BCUT2D eigenvalue weighted by Crippen LogP contribution is -2.29. The van der Waals surface area contributed by atoms with E-state index in [0.29, 0.717) is 0 Å². The monoisotopic (exact) mass is 180 g/mol. The summed E-state index contributed by atoms with van der Waals surface area (Å²) in [5.41, 5.74) is -2.65. The summed E-state index contributed by atoms with van der Waals surface area (Å²) in [4.78, 5) is 30.4. The van der Waals surface area contributed by atoms with Crippen molar-refractivity contribution >= 4 is 13.3 Å². The fourth-order valence-corrected chi connectivity index (χ4v) is 0.703. The second-order valence-corrected chi connectivity index (χ2v) is 4.34. The van der Waals surface area contributed by atoms with Crippen LogP contribution in [0.25, 0.3) is 0 Å². The van der Waals surface area contributed by atoms with Crippen molar-refractivity contribution in [2.75, 3.05) is 0 Å². The molecule has 0 unspecified atom stereocenters. The highest BCUT2D eigenvalue weighted by atomic mass is 31.2. The van der Waals surface area contributed by atoms with Crippen LogP contribution in [0.5, 0.6) is 0 Å². The van der Waals surface area contributed by atoms with E-state index in [4.69, 9.17) is 0 Å². The van der Waals surface area contributed by atoms with Crippen molar-refractivity contribution in [3.05, 3.63) is 0 Å². The first-order valence-electron chi connectivity index (χ1n) is 2.88. The highest BCUT2D eigenvalue weighted by Gasteiger charge is 2.18. The van der Waals surface area contributed by atoms with Gasteiger partial charge in [0.1, 0.15) is 5.60 Å². The molecule has 0 saturated heterocycles. The van der Waals surface area contributed by atoms with Gasteiger partial charge in [0.2, 0.25) is 0 Å². The summed E-state index contributed by atoms with van der Waals surface area (Å²) in [6.45, 7) is 4.42. The average molecular weight is 180 g/mol. The molecule has 0 amide bonds. The Morgan fingerprint density at radius 2 is 1.73 bits per heavy atom. The van der Waals surface area contributed by atoms with E-state index in [-0.39, 0.29) is 0 Å². The van der Waals surface area contributed by atoms with E-state index in [1.807, 2.05) is 0 Å². The number of carbonyl (C=O) groups is 1. The Labute approximate surface area is 64.5 Å².